The molecule has 0 saturated carbocycles. The number of nitrogens with zero attached hydrogens (tertiary/aromatic N) is 1. The summed E-state index contributed by atoms with van der Waals surface area (Å²) in [6.45, 7) is 3.73. The number of carbonyl (C=O) groups is 2. The number of amides is 2. The second-order valence-corrected chi connectivity index (χ2v) is 7.06. The maximum absolute atomic E-state index is 12.9. The fourth-order valence-corrected chi connectivity index (χ4v) is 3.93. The molecule has 0 aliphatic carbocycles. The molecule has 0 bridgehead atoms. The standard InChI is InChI=1S/C20H23N3O3/c24-19(18-5-2-10-26-18)22-17-4-1-3-14(11-17)20(25)23-8-6-15-12-21-13-16(15)7-9-23/h1-5,10-11,15-16,21H,6-9,12-13H2,(H,22,24)/t15-,16+. The van der Waals surface area contributed by atoms with Crippen LogP contribution in [-0.2, 0) is 0 Å². The quantitative estimate of drug-likeness (QED) is 0.889. The molecule has 6 nitrogen and oxygen atoms in total. The molecular weight excluding hydrogens is 330 g/mol. The predicted molar refractivity (Wildman–Crippen MR) is 98.1 cm³/mol. The van der Waals surface area contributed by atoms with Gasteiger partial charge in [0.25, 0.3) is 11.8 Å². The van der Waals surface area contributed by atoms with Gasteiger partial charge in [0, 0.05) is 24.3 Å². The van der Waals surface area contributed by atoms with Gasteiger partial charge in [-0.2, -0.15) is 0 Å². The van der Waals surface area contributed by atoms with E-state index in [1.165, 1.54) is 6.26 Å². The van der Waals surface area contributed by atoms with Crippen LogP contribution in [0.5, 0.6) is 0 Å². The number of nitrogens with one attached hydrogen (secondary N) is 2. The van der Waals surface area contributed by atoms with Crippen molar-refractivity contribution in [2.75, 3.05) is 31.5 Å². The summed E-state index contributed by atoms with van der Waals surface area (Å²) in [7, 11) is 0. The molecule has 4 rings (SSSR count). The van der Waals surface area contributed by atoms with E-state index in [0.717, 1.165) is 39.0 Å². The van der Waals surface area contributed by atoms with Crippen molar-refractivity contribution < 1.29 is 14.0 Å². The molecule has 2 fully saturated rings. The molecular formula is C20H23N3O3. The highest BCUT2D eigenvalue weighted by Crippen LogP contribution is 2.28. The molecule has 6 heteroatoms. The molecule has 26 heavy (non-hydrogen) atoms. The largest absolute Gasteiger partial charge is 0.459 e. The van der Waals surface area contributed by atoms with Gasteiger partial charge < -0.3 is 20.0 Å². The van der Waals surface area contributed by atoms with Crippen LogP contribution in [-0.4, -0.2) is 42.9 Å². The van der Waals surface area contributed by atoms with Crippen molar-refractivity contribution >= 4 is 17.5 Å². The van der Waals surface area contributed by atoms with E-state index in [1.807, 2.05) is 4.90 Å². The van der Waals surface area contributed by atoms with Gasteiger partial charge in [-0.3, -0.25) is 9.59 Å². The Morgan fingerprint density at radius 3 is 2.54 bits per heavy atom. The van der Waals surface area contributed by atoms with E-state index in [2.05, 4.69) is 10.6 Å². The van der Waals surface area contributed by atoms with Crippen molar-refractivity contribution in [1.29, 1.82) is 0 Å². The Bertz CT molecular complexity index is 773. The third kappa shape index (κ3) is 3.51. The molecule has 136 valence electrons. The van der Waals surface area contributed by atoms with Gasteiger partial charge in [-0.15, -0.1) is 0 Å². The summed E-state index contributed by atoms with van der Waals surface area (Å²) in [6, 6.07) is 10.4. The van der Waals surface area contributed by atoms with Crippen molar-refractivity contribution in [2.24, 2.45) is 11.8 Å². The zero-order valence-corrected chi connectivity index (χ0v) is 14.6. The Labute approximate surface area is 152 Å². The van der Waals surface area contributed by atoms with Gasteiger partial charge in [-0.1, -0.05) is 6.07 Å². The minimum Gasteiger partial charge on any atom is -0.459 e. The second-order valence-electron chi connectivity index (χ2n) is 7.06. The van der Waals surface area contributed by atoms with E-state index >= 15 is 0 Å². The normalized spacial score (nSPS) is 22.5. The Morgan fingerprint density at radius 1 is 1.08 bits per heavy atom. The summed E-state index contributed by atoms with van der Waals surface area (Å²) in [5.74, 6) is 1.33. The molecule has 2 atom stereocenters. The Balaban J connectivity index is 1.44. The molecule has 0 spiro atoms. The fourth-order valence-electron chi connectivity index (χ4n) is 3.93. The average molecular weight is 353 g/mol. The van der Waals surface area contributed by atoms with E-state index in [4.69, 9.17) is 4.42 Å². The van der Waals surface area contributed by atoms with Crippen LogP contribution >= 0.6 is 0 Å². The van der Waals surface area contributed by atoms with Crippen LogP contribution < -0.4 is 10.6 Å². The number of fused-ring (bicyclic) bond motifs is 1. The van der Waals surface area contributed by atoms with Crippen molar-refractivity contribution in [3.05, 3.63) is 54.0 Å². The predicted octanol–water partition coefficient (Wildman–Crippen LogP) is 2.60. The first-order chi connectivity index (χ1) is 12.7. The van der Waals surface area contributed by atoms with E-state index in [-0.39, 0.29) is 17.6 Å². The lowest BCUT2D eigenvalue weighted by Gasteiger charge is -2.21. The summed E-state index contributed by atoms with van der Waals surface area (Å²) >= 11 is 0. The molecule has 2 saturated heterocycles. The van der Waals surface area contributed by atoms with E-state index in [0.29, 0.717) is 23.1 Å². The minimum atomic E-state index is -0.324. The van der Waals surface area contributed by atoms with Crippen LogP contribution in [0.25, 0.3) is 0 Å². The first-order valence-corrected chi connectivity index (χ1v) is 9.15. The third-order valence-corrected chi connectivity index (χ3v) is 5.42. The smallest absolute Gasteiger partial charge is 0.291 e. The summed E-state index contributed by atoms with van der Waals surface area (Å²) in [5, 5.41) is 6.23. The van der Waals surface area contributed by atoms with Crippen molar-refractivity contribution in [3.8, 4) is 0 Å². The summed E-state index contributed by atoms with van der Waals surface area (Å²) in [5.41, 5.74) is 1.19. The van der Waals surface area contributed by atoms with Crippen LogP contribution in [0.4, 0.5) is 5.69 Å². The highest BCUT2D eigenvalue weighted by Gasteiger charge is 2.31. The Hall–Kier alpha value is -2.60. The molecule has 0 radical (unpaired) electrons. The topological polar surface area (TPSA) is 74.6 Å². The SMILES string of the molecule is O=C(Nc1cccc(C(=O)N2CC[C@@H]3CNC[C@@H]3CC2)c1)c1ccco1. The lowest BCUT2D eigenvalue weighted by molar-refractivity contribution is 0.0758. The second kappa shape index (κ2) is 7.33. The maximum atomic E-state index is 12.9. The number of carbonyl (C=O) groups excluding carboxylic acids is 2. The summed E-state index contributed by atoms with van der Waals surface area (Å²) in [6.07, 6.45) is 3.57. The zero-order chi connectivity index (χ0) is 17.9. The number of furan rings is 1. The van der Waals surface area contributed by atoms with Crippen molar-refractivity contribution in [1.82, 2.24) is 10.2 Å². The van der Waals surface area contributed by atoms with Gasteiger partial charge in [0.15, 0.2) is 5.76 Å². The molecule has 2 aromatic rings. The Morgan fingerprint density at radius 2 is 1.85 bits per heavy atom. The van der Waals surface area contributed by atoms with Crippen LogP contribution in [0, 0.1) is 11.8 Å². The minimum absolute atomic E-state index is 0.0343. The summed E-state index contributed by atoms with van der Waals surface area (Å²) in [4.78, 5) is 27.0. The maximum Gasteiger partial charge on any atom is 0.291 e. The van der Waals surface area contributed by atoms with Crippen LogP contribution in [0.15, 0.2) is 47.1 Å². The molecule has 0 unspecified atom stereocenters. The molecule has 2 aliphatic heterocycles. The zero-order valence-electron chi connectivity index (χ0n) is 14.6. The van der Waals surface area contributed by atoms with Crippen molar-refractivity contribution in [2.45, 2.75) is 12.8 Å². The third-order valence-electron chi connectivity index (χ3n) is 5.42. The number of hydrogen-bond acceptors (Lipinski definition) is 4. The number of hydrogen-bond donors (Lipinski definition) is 2. The highest BCUT2D eigenvalue weighted by molar-refractivity contribution is 6.03. The summed E-state index contributed by atoms with van der Waals surface area (Å²) < 4.78 is 5.10. The fraction of sp³-hybridized carbons (Fsp3) is 0.400. The molecule has 1 aromatic carbocycles. The van der Waals surface area contributed by atoms with Crippen LogP contribution in [0.1, 0.15) is 33.8 Å². The molecule has 1 aromatic heterocycles. The number of rotatable bonds is 3. The highest BCUT2D eigenvalue weighted by atomic mass is 16.3. The first-order valence-electron chi connectivity index (χ1n) is 9.15. The molecule has 3 heterocycles. The van der Waals surface area contributed by atoms with Gasteiger partial charge in [0.05, 0.1) is 6.26 Å². The van der Waals surface area contributed by atoms with Gasteiger partial charge in [-0.05, 0) is 68.1 Å². The number of benzene rings is 1. The lowest BCUT2D eigenvalue weighted by Crippen LogP contribution is -2.32. The van der Waals surface area contributed by atoms with E-state index in [1.54, 1.807) is 36.4 Å². The average Bonchev–Trinajstić information content (AvgIpc) is 3.31. The van der Waals surface area contributed by atoms with Crippen LogP contribution in [0.3, 0.4) is 0 Å². The van der Waals surface area contributed by atoms with Gasteiger partial charge in [-0.25, -0.2) is 0 Å². The van der Waals surface area contributed by atoms with Crippen molar-refractivity contribution in [3.63, 3.8) is 0 Å². The van der Waals surface area contributed by atoms with E-state index in [9.17, 15) is 9.59 Å². The first kappa shape index (κ1) is 16.8. The monoisotopic (exact) mass is 353 g/mol. The number of likely N-dealkylation sites (tertiary alicyclic amines) is 1. The molecule has 2 amide bonds. The Kier molecular flexibility index (Phi) is 4.75. The van der Waals surface area contributed by atoms with Gasteiger partial charge in [0.2, 0.25) is 0 Å². The van der Waals surface area contributed by atoms with E-state index < -0.39 is 0 Å². The lowest BCUT2D eigenvalue weighted by atomic mass is 9.92. The van der Waals surface area contributed by atoms with Crippen LogP contribution in [0.2, 0.25) is 0 Å². The van der Waals surface area contributed by atoms with Gasteiger partial charge in [0.1, 0.15) is 0 Å². The van der Waals surface area contributed by atoms with Gasteiger partial charge >= 0.3 is 0 Å². The molecule has 2 N–H and O–H groups in total. The number of anilines is 1. The molecule has 2 aliphatic rings.